The largest absolute Gasteiger partial charge is 0.506 e. The van der Waals surface area contributed by atoms with Gasteiger partial charge in [0, 0.05) is 0 Å². The van der Waals surface area contributed by atoms with E-state index in [4.69, 9.17) is 20.8 Å². The van der Waals surface area contributed by atoms with E-state index >= 15 is 0 Å². The highest BCUT2D eigenvalue weighted by Gasteiger charge is 2.28. The molecular formula is C7H13NO6P+. The second kappa shape index (κ2) is 6.44. The minimum atomic E-state index is -2.54. The monoisotopic (exact) mass is 238 g/mol. The van der Waals surface area contributed by atoms with Gasteiger partial charge in [-0.05, 0) is 17.4 Å². The van der Waals surface area contributed by atoms with Gasteiger partial charge in [-0.2, -0.15) is 4.89 Å². The van der Waals surface area contributed by atoms with Crippen molar-refractivity contribution < 1.29 is 29.3 Å². The Morgan fingerprint density at radius 1 is 1.20 bits per heavy atom. The van der Waals surface area contributed by atoms with Gasteiger partial charge in [0.05, 0.1) is 0 Å². The summed E-state index contributed by atoms with van der Waals surface area (Å²) >= 11 is 0. The van der Waals surface area contributed by atoms with Crippen LogP contribution in [0.3, 0.4) is 0 Å². The number of aliphatic carboxylic acids is 2. The van der Waals surface area contributed by atoms with E-state index in [2.05, 4.69) is 0 Å². The van der Waals surface area contributed by atoms with Crippen LogP contribution in [0, 0.1) is 5.92 Å². The molecule has 5 N–H and O–H groups in total. The van der Waals surface area contributed by atoms with Crippen LogP contribution in [0.2, 0.25) is 0 Å². The minimum absolute atomic E-state index is 0.0234. The zero-order valence-corrected chi connectivity index (χ0v) is 8.76. The van der Waals surface area contributed by atoms with Crippen molar-refractivity contribution in [2.24, 2.45) is 11.7 Å². The third kappa shape index (κ3) is 6.11. The zero-order chi connectivity index (χ0) is 12.0. The van der Waals surface area contributed by atoms with E-state index in [9.17, 15) is 14.2 Å². The lowest BCUT2D eigenvalue weighted by molar-refractivity contribution is -0.142. The van der Waals surface area contributed by atoms with Crippen LogP contribution in [-0.4, -0.2) is 39.2 Å². The van der Waals surface area contributed by atoms with Gasteiger partial charge in [0.1, 0.15) is 12.0 Å². The molecule has 7 nitrogen and oxygen atoms in total. The summed E-state index contributed by atoms with van der Waals surface area (Å²) in [6, 6.07) is -1.14. The zero-order valence-electron chi connectivity index (χ0n) is 7.87. The quantitative estimate of drug-likeness (QED) is 0.443. The van der Waals surface area contributed by atoms with Gasteiger partial charge >= 0.3 is 20.0 Å². The minimum Gasteiger partial charge on any atom is -0.481 e. The van der Waals surface area contributed by atoms with Crippen molar-refractivity contribution in [3.8, 4) is 0 Å². The molecule has 0 aliphatic rings. The Hall–Kier alpha value is -1.04. The molecule has 0 aliphatic carbocycles. The van der Waals surface area contributed by atoms with Gasteiger partial charge in [-0.15, -0.1) is 0 Å². The molecule has 0 amide bonds. The molecule has 8 heteroatoms. The molecule has 3 atom stereocenters. The van der Waals surface area contributed by atoms with Gasteiger partial charge in [-0.25, -0.2) is 0 Å². The molecule has 86 valence electrons. The van der Waals surface area contributed by atoms with Crippen LogP contribution in [0.4, 0.5) is 0 Å². The lowest BCUT2D eigenvalue weighted by Gasteiger charge is -2.08. The summed E-state index contributed by atoms with van der Waals surface area (Å²) in [5, 5.41) is 17.1. The maximum atomic E-state index is 10.6. The summed E-state index contributed by atoms with van der Waals surface area (Å²) in [7, 11) is -2.54. The molecule has 0 rings (SSSR count). The average molecular weight is 238 g/mol. The number of carboxylic acid groups (broad SMARTS) is 2. The Bertz CT molecular complexity index is 268. The molecule has 0 aliphatic heterocycles. The molecule has 0 aromatic rings. The lowest BCUT2D eigenvalue weighted by Crippen LogP contribution is -2.31. The van der Waals surface area contributed by atoms with Gasteiger partial charge in [-0.1, -0.05) is 0 Å². The number of carbonyl (C=O) groups is 2. The normalized spacial score (nSPS) is 15.5. The van der Waals surface area contributed by atoms with Gasteiger partial charge in [0.25, 0.3) is 0 Å². The van der Waals surface area contributed by atoms with Crippen LogP contribution >= 0.6 is 8.03 Å². The average Bonchev–Trinajstić information content (AvgIpc) is 2.10. The summed E-state index contributed by atoms with van der Waals surface area (Å²) in [6.07, 6.45) is -0.434. The first kappa shape index (κ1) is 14.0. The lowest BCUT2D eigenvalue weighted by atomic mass is 10.0. The van der Waals surface area contributed by atoms with Crippen molar-refractivity contribution in [2.75, 3.05) is 6.16 Å². The van der Waals surface area contributed by atoms with Crippen LogP contribution in [0.5, 0.6) is 0 Å². The molecule has 0 aromatic carbocycles. The standard InChI is InChI=1S/C7H12NO6P/c8-5(7(11)12)2-1-4(6(9)10)3-15(13)14/h4-5H,1-3,8H2,(H2-,9,10,11,12,13,14)/p+1. The maximum Gasteiger partial charge on any atom is 0.506 e. The van der Waals surface area contributed by atoms with Crippen LogP contribution in [0.15, 0.2) is 0 Å². The van der Waals surface area contributed by atoms with Crippen LogP contribution < -0.4 is 5.73 Å². The van der Waals surface area contributed by atoms with Crippen molar-refractivity contribution in [2.45, 2.75) is 18.9 Å². The summed E-state index contributed by atoms with van der Waals surface area (Å²) in [5.74, 6) is -3.46. The fourth-order valence-electron chi connectivity index (χ4n) is 0.986. The van der Waals surface area contributed by atoms with Gasteiger partial charge < -0.3 is 15.9 Å². The van der Waals surface area contributed by atoms with Crippen molar-refractivity contribution in [3.05, 3.63) is 0 Å². The summed E-state index contributed by atoms with van der Waals surface area (Å²) in [6.45, 7) is 0. The molecule has 0 bridgehead atoms. The number of rotatable bonds is 7. The van der Waals surface area contributed by atoms with E-state index in [1.165, 1.54) is 0 Å². The molecule has 0 aromatic heterocycles. The van der Waals surface area contributed by atoms with E-state index in [1.807, 2.05) is 0 Å². The predicted octanol–water partition coefficient (Wildman–Crippen LogP) is -0.386. The highest BCUT2D eigenvalue weighted by Crippen LogP contribution is 2.22. The first-order valence-corrected chi connectivity index (χ1v) is 5.59. The molecular weight excluding hydrogens is 225 g/mol. The predicted molar refractivity (Wildman–Crippen MR) is 50.7 cm³/mol. The molecule has 0 fully saturated rings. The number of nitrogens with two attached hydrogens (primary N) is 1. The summed E-state index contributed by atoms with van der Waals surface area (Å²) in [5.41, 5.74) is 5.17. The van der Waals surface area contributed by atoms with Crippen LogP contribution in [0.25, 0.3) is 0 Å². The van der Waals surface area contributed by atoms with E-state index in [-0.39, 0.29) is 19.0 Å². The van der Waals surface area contributed by atoms with Crippen molar-refractivity contribution in [1.82, 2.24) is 0 Å². The third-order valence-corrected chi connectivity index (χ3v) is 2.62. The highest BCUT2D eigenvalue weighted by molar-refractivity contribution is 7.38. The van der Waals surface area contributed by atoms with Crippen LogP contribution in [-0.2, 0) is 14.2 Å². The Morgan fingerprint density at radius 3 is 2.07 bits per heavy atom. The van der Waals surface area contributed by atoms with Gasteiger partial charge in [0.2, 0.25) is 0 Å². The number of hydrogen-bond acceptors (Lipinski definition) is 4. The van der Waals surface area contributed by atoms with E-state index in [0.29, 0.717) is 0 Å². The van der Waals surface area contributed by atoms with E-state index in [0.717, 1.165) is 0 Å². The Balaban J connectivity index is 4.13. The number of hydrogen-bond donors (Lipinski definition) is 4. The topological polar surface area (TPSA) is 138 Å². The smallest absolute Gasteiger partial charge is 0.481 e. The molecule has 0 spiro atoms. The second-order valence-electron chi connectivity index (χ2n) is 3.09. The van der Waals surface area contributed by atoms with Gasteiger partial charge in [0.15, 0.2) is 6.16 Å². The molecule has 0 saturated heterocycles. The van der Waals surface area contributed by atoms with Crippen molar-refractivity contribution in [1.29, 1.82) is 0 Å². The molecule has 0 saturated carbocycles. The summed E-state index contributed by atoms with van der Waals surface area (Å²) < 4.78 is 10.4. The second-order valence-corrected chi connectivity index (χ2v) is 4.16. The Morgan fingerprint density at radius 2 is 1.73 bits per heavy atom. The van der Waals surface area contributed by atoms with Crippen molar-refractivity contribution >= 4 is 20.0 Å². The SMILES string of the molecule is NC(CCC(C[P+](=O)O)C(=O)O)C(=O)O. The van der Waals surface area contributed by atoms with E-state index < -0.39 is 31.9 Å². The molecule has 0 radical (unpaired) electrons. The maximum absolute atomic E-state index is 10.6. The molecule has 3 unspecified atom stereocenters. The first-order chi connectivity index (χ1) is 6.84. The van der Waals surface area contributed by atoms with Gasteiger partial charge in [-0.3, -0.25) is 9.59 Å². The van der Waals surface area contributed by atoms with E-state index in [1.54, 1.807) is 0 Å². The van der Waals surface area contributed by atoms with Crippen molar-refractivity contribution in [3.63, 3.8) is 0 Å². The number of carboxylic acids is 2. The Labute approximate surface area is 86.8 Å². The highest BCUT2D eigenvalue weighted by atomic mass is 31.1. The summed E-state index contributed by atoms with van der Waals surface area (Å²) in [4.78, 5) is 29.5. The molecule has 0 heterocycles. The molecule has 15 heavy (non-hydrogen) atoms. The Kier molecular flexibility index (Phi) is 6.00. The van der Waals surface area contributed by atoms with Crippen LogP contribution in [0.1, 0.15) is 12.8 Å². The third-order valence-electron chi connectivity index (χ3n) is 1.87. The fourth-order valence-corrected chi connectivity index (χ4v) is 1.70. The fraction of sp³-hybridized carbons (Fsp3) is 0.714. The first-order valence-electron chi connectivity index (χ1n) is 4.19.